The van der Waals surface area contributed by atoms with Crippen LogP contribution in [0.3, 0.4) is 0 Å². The molecule has 3 aromatic rings. The molecule has 1 aliphatic rings. The number of aromatic nitrogens is 2. The Hall–Kier alpha value is -2.99. The highest BCUT2D eigenvalue weighted by Crippen LogP contribution is 2.31. The summed E-state index contributed by atoms with van der Waals surface area (Å²) in [6.45, 7) is 3.73. The van der Waals surface area contributed by atoms with Gasteiger partial charge >= 0.3 is 0 Å². The summed E-state index contributed by atoms with van der Waals surface area (Å²) in [7, 11) is 0. The number of para-hydroxylation sites is 1. The minimum absolute atomic E-state index is 0.185. The predicted molar refractivity (Wildman–Crippen MR) is 107 cm³/mol. The van der Waals surface area contributed by atoms with E-state index in [4.69, 9.17) is 0 Å². The summed E-state index contributed by atoms with van der Waals surface area (Å²) in [6, 6.07) is 14.0. The zero-order valence-electron chi connectivity index (χ0n) is 15.8. The fourth-order valence-electron chi connectivity index (χ4n) is 3.74. The molecule has 1 amide bonds. The fraction of sp³-hybridized carbons (Fsp3) is 0.273. The molecule has 144 valence electrons. The molecule has 0 bridgehead atoms. The number of piperidine rings is 1. The third-order valence-corrected chi connectivity index (χ3v) is 5.22. The Morgan fingerprint density at radius 3 is 2.71 bits per heavy atom. The average molecular weight is 378 g/mol. The molecule has 2 aromatic carbocycles. The van der Waals surface area contributed by atoms with E-state index in [1.807, 2.05) is 37.3 Å². The molecule has 1 saturated heterocycles. The maximum atomic E-state index is 13.8. The number of nitrogens with zero attached hydrogens (tertiary/aromatic N) is 2. The first kappa shape index (κ1) is 18.4. The number of halogens is 1. The molecule has 1 fully saturated rings. The van der Waals surface area contributed by atoms with Crippen LogP contribution in [0.25, 0.3) is 5.69 Å². The Kier molecular flexibility index (Phi) is 5.21. The van der Waals surface area contributed by atoms with E-state index in [-0.39, 0.29) is 17.6 Å². The van der Waals surface area contributed by atoms with Gasteiger partial charge in [0, 0.05) is 11.6 Å². The first-order valence-electron chi connectivity index (χ1n) is 9.55. The van der Waals surface area contributed by atoms with Gasteiger partial charge in [-0.05, 0) is 62.7 Å². The summed E-state index contributed by atoms with van der Waals surface area (Å²) < 4.78 is 15.5. The van der Waals surface area contributed by atoms with Crippen molar-refractivity contribution in [3.8, 4) is 5.69 Å². The third kappa shape index (κ3) is 3.68. The van der Waals surface area contributed by atoms with Crippen molar-refractivity contribution in [3.05, 3.63) is 77.4 Å². The highest BCUT2D eigenvalue weighted by atomic mass is 19.1. The average Bonchev–Trinajstić information content (AvgIpc) is 3.16. The van der Waals surface area contributed by atoms with Crippen LogP contribution in [0.15, 0.2) is 54.7 Å². The molecule has 1 aliphatic heterocycles. The van der Waals surface area contributed by atoms with Crippen LogP contribution in [0.4, 0.5) is 10.1 Å². The standard InChI is InChI=1S/C22H23FN4O/c1-15-5-2-3-8-20(15)26-22(28)19-14-25-27(18-7-4-6-17(23)13-18)21(19)16-9-11-24-12-10-16/h2-8,13-14,16,24H,9-12H2,1H3,(H,26,28). The van der Waals surface area contributed by atoms with Gasteiger partial charge in [-0.15, -0.1) is 0 Å². The Morgan fingerprint density at radius 1 is 1.18 bits per heavy atom. The predicted octanol–water partition coefficient (Wildman–Crippen LogP) is 4.04. The van der Waals surface area contributed by atoms with Crippen molar-refractivity contribution in [1.82, 2.24) is 15.1 Å². The maximum absolute atomic E-state index is 13.8. The number of aryl methyl sites for hydroxylation is 1. The Bertz CT molecular complexity index is 992. The van der Waals surface area contributed by atoms with Crippen molar-refractivity contribution in [1.29, 1.82) is 0 Å². The van der Waals surface area contributed by atoms with Crippen LogP contribution in [-0.4, -0.2) is 28.8 Å². The molecule has 28 heavy (non-hydrogen) atoms. The smallest absolute Gasteiger partial charge is 0.259 e. The van der Waals surface area contributed by atoms with E-state index in [2.05, 4.69) is 15.7 Å². The largest absolute Gasteiger partial charge is 0.322 e. The van der Waals surface area contributed by atoms with Crippen molar-refractivity contribution in [3.63, 3.8) is 0 Å². The Labute approximate surface area is 163 Å². The van der Waals surface area contributed by atoms with Gasteiger partial charge in [-0.25, -0.2) is 9.07 Å². The van der Waals surface area contributed by atoms with E-state index in [0.29, 0.717) is 11.3 Å². The quantitative estimate of drug-likeness (QED) is 0.720. The lowest BCUT2D eigenvalue weighted by molar-refractivity contribution is 0.102. The van der Waals surface area contributed by atoms with Gasteiger partial charge in [0.15, 0.2) is 0 Å². The molecule has 0 atom stereocenters. The second-order valence-electron chi connectivity index (χ2n) is 7.13. The SMILES string of the molecule is Cc1ccccc1NC(=O)c1cnn(-c2cccc(F)c2)c1C1CCNCC1. The number of carbonyl (C=O) groups is 1. The third-order valence-electron chi connectivity index (χ3n) is 5.22. The van der Waals surface area contributed by atoms with Gasteiger partial charge in [-0.2, -0.15) is 5.10 Å². The van der Waals surface area contributed by atoms with Crippen molar-refractivity contribution in [2.75, 3.05) is 18.4 Å². The first-order valence-corrected chi connectivity index (χ1v) is 9.55. The van der Waals surface area contributed by atoms with Gasteiger partial charge in [0.05, 0.1) is 23.1 Å². The van der Waals surface area contributed by atoms with Crippen LogP contribution in [-0.2, 0) is 0 Å². The van der Waals surface area contributed by atoms with Gasteiger partial charge in [-0.1, -0.05) is 24.3 Å². The van der Waals surface area contributed by atoms with Crippen LogP contribution in [0, 0.1) is 12.7 Å². The van der Waals surface area contributed by atoms with Gasteiger partial charge in [0.25, 0.3) is 5.91 Å². The number of hydrogen-bond donors (Lipinski definition) is 2. The monoisotopic (exact) mass is 378 g/mol. The minimum Gasteiger partial charge on any atom is -0.322 e. The highest BCUT2D eigenvalue weighted by Gasteiger charge is 2.27. The molecule has 1 aromatic heterocycles. The number of rotatable bonds is 4. The molecule has 0 aliphatic carbocycles. The maximum Gasteiger partial charge on any atom is 0.259 e. The molecular formula is C22H23FN4O. The van der Waals surface area contributed by atoms with Gasteiger partial charge in [-0.3, -0.25) is 4.79 Å². The molecule has 0 radical (unpaired) electrons. The van der Waals surface area contributed by atoms with Crippen molar-refractivity contribution in [2.24, 2.45) is 0 Å². The van der Waals surface area contributed by atoms with Crippen LogP contribution in [0.2, 0.25) is 0 Å². The van der Waals surface area contributed by atoms with Crippen LogP contribution in [0.5, 0.6) is 0 Å². The number of carbonyl (C=O) groups excluding carboxylic acids is 1. The summed E-state index contributed by atoms with van der Waals surface area (Å²) in [5.41, 5.74) is 3.79. The normalized spacial score (nSPS) is 14.8. The fourth-order valence-corrected chi connectivity index (χ4v) is 3.74. The molecule has 0 unspecified atom stereocenters. The lowest BCUT2D eigenvalue weighted by atomic mass is 9.91. The van der Waals surface area contributed by atoms with E-state index in [1.54, 1.807) is 16.9 Å². The summed E-state index contributed by atoms with van der Waals surface area (Å²) in [4.78, 5) is 13.1. The molecule has 0 saturated carbocycles. The zero-order chi connectivity index (χ0) is 19.5. The number of anilines is 1. The first-order chi connectivity index (χ1) is 13.6. The van der Waals surface area contributed by atoms with Crippen LogP contribution >= 0.6 is 0 Å². The van der Waals surface area contributed by atoms with Crippen LogP contribution < -0.4 is 10.6 Å². The number of hydrogen-bond acceptors (Lipinski definition) is 3. The van der Waals surface area contributed by atoms with Gasteiger partial charge in [0.2, 0.25) is 0 Å². The highest BCUT2D eigenvalue weighted by molar-refractivity contribution is 6.05. The number of amides is 1. The van der Waals surface area contributed by atoms with E-state index >= 15 is 0 Å². The second kappa shape index (κ2) is 7.94. The van der Waals surface area contributed by atoms with Gasteiger partial charge in [0.1, 0.15) is 5.82 Å². The van der Waals surface area contributed by atoms with E-state index in [9.17, 15) is 9.18 Å². The zero-order valence-corrected chi connectivity index (χ0v) is 15.8. The molecule has 4 rings (SSSR count). The lowest BCUT2D eigenvalue weighted by Crippen LogP contribution is -2.29. The Balaban J connectivity index is 1.74. The van der Waals surface area contributed by atoms with Crippen molar-refractivity contribution < 1.29 is 9.18 Å². The number of nitrogens with one attached hydrogen (secondary N) is 2. The second-order valence-corrected chi connectivity index (χ2v) is 7.13. The number of benzene rings is 2. The Morgan fingerprint density at radius 2 is 1.96 bits per heavy atom. The molecule has 5 nitrogen and oxygen atoms in total. The lowest BCUT2D eigenvalue weighted by Gasteiger charge is -2.24. The van der Waals surface area contributed by atoms with Crippen LogP contribution in [0.1, 0.15) is 40.4 Å². The molecule has 0 spiro atoms. The molecule has 2 N–H and O–H groups in total. The minimum atomic E-state index is -0.324. The molecular weight excluding hydrogens is 355 g/mol. The van der Waals surface area contributed by atoms with Gasteiger partial charge < -0.3 is 10.6 Å². The van der Waals surface area contributed by atoms with E-state index < -0.39 is 0 Å². The topological polar surface area (TPSA) is 59.0 Å². The van der Waals surface area contributed by atoms with Crippen molar-refractivity contribution in [2.45, 2.75) is 25.7 Å². The summed E-state index contributed by atoms with van der Waals surface area (Å²) in [5, 5.41) is 10.8. The summed E-state index contributed by atoms with van der Waals surface area (Å²) in [5.74, 6) is -0.328. The van der Waals surface area contributed by atoms with E-state index in [1.165, 1.54) is 12.1 Å². The molecule has 6 heteroatoms. The molecule has 2 heterocycles. The summed E-state index contributed by atoms with van der Waals surface area (Å²) in [6.07, 6.45) is 3.41. The van der Waals surface area contributed by atoms with E-state index in [0.717, 1.165) is 42.9 Å². The summed E-state index contributed by atoms with van der Waals surface area (Å²) >= 11 is 0. The van der Waals surface area contributed by atoms with Crippen molar-refractivity contribution >= 4 is 11.6 Å².